The molecular formula is C14H17N5O2. The van der Waals surface area contributed by atoms with Crippen LogP contribution in [0, 0.1) is 6.92 Å². The molecule has 7 heteroatoms. The smallest absolute Gasteiger partial charge is 0.255 e. The van der Waals surface area contributed by atoms with E-state index in [4.69, 9.17) is 0 Å². The molecule has 0 unspecified atom stereocenters. The maximum Gasteiger partial charge on any atom is 0.255 e. The minimum Gasteiger partial charge on any atom is -0.354 e. The Kier molecular flexibility index (Phi) is 3.32. The number of aromatic nitrogens is 3. The zero-order chi connectivity index (χ0) is 15.0. The number of pyridine rings is 1. The first-order valence-corrected chi connectivity index (χ1v) is 6.91. The summed E-state index contributed by atoms with van der Waals surface area (Å²) in [6.45, 7) is 3.17. The van der Waals surface area contributed by atoms with Gasteiger partial charge in [-0.15, -0.1) is 0 Å². The lowest BCUT2D eigenvalue weighted by molar-refractivity contribution is -0.121. The lowest BCUT2D eigenvalue weighted by Gasteiger charge is -2.18. The zero-order valence-corrected chi connectivity index (χ0v) is 12.1. The van der Waals surface area contributed by atoms with Gasteiger partial charge in [0.1, 0.15) is 0 Å². The molecule has 0 saturated carbocycles. The molecule has 0 aliphatic carbocycles. The largest absolute Gasteiger partial charge is 0.354 e. The van der Waals surface area contributed by atoms with E-state index in [-0.39, 0.29) is 18.4 Å². The van der Waals surface area contributed by atoms with Crippen molar-refractivity contribution in [2.45, 2.75) is 13.3 Å². The van der Waals surface area contributed by atoms with E-state index in [2.05, 4.69) is 15.4 Å². The highest BCUT2D eigenvalue weighted by molar-refractivity contribution is 5.99. The van der Waals surface area contributed by atoms with Gasteiger partial charge in [0.25, 0.3) is 5.91 Å². The van der Waals surface area contributed by atoms with Crippen molar-refractivity contribution < 1.29 is 9.59 Å². The second kappa shape index (κ2) is 5.16. The molecule has 1 aliphatic heterocycles. The summed E-state index contributed by atoms with van der Waals surface area (Å²) in [6, 6.07) is 1.80. The number of carbonyl (C=O) groups excluding carboxylic acids is 2. The molecule has 0 atom stereocenters. The van der Waals surface area contributed by atoms with E-state index in [1.54, 1.807) is 21.8 Å². The molecule has 21 heavy (non-hydrogen) atoms. The van der Waals surface area contributed by atoms with Gasteiger partial charge in [0.2, 0.25) is 5.91 Å². The number of rotatable bonds is 1. The molecule has 1 saturated heterocycles. The maximum absolute atomic E-state index is 12.5. The van der Waals surface area contributed by atoms with Gasteiger partial charge in [0.15, 0.2) is 5.65 Å². The average Bonchev–Trinajstić information content (AvgIpc) is 2.64. The van der Waals surface area contributed by atoms with Crippen LogP contribution in [0.25, 0.3) is 11.0 Å². The molecule has 2 aromatic heterocycles. The Morgan fingerprint density at radius 3 is 3.05 bits per heavy atom. The number of carbonyl (C=O) groups is 2. The second-order valence-corrected chi connectivity index (χ2v) is 5.23. The Morgan fingerprint density at radius 1 is 1.43 bits per heavy atom. The summed E-state index contributed by atoms with van der Waals surface area (Å²) in [5.41, 5.74) is 2.08. The van der Waals surface area contributed by atoms with E-state index in [1.807, 2.05) is 14.0 Å². The van der Waals surface area contributed by atoms with Crippen LogP contribution in [0.5, 0.6) is 0 Å². The van der Waals surface area contributed by atoms with Gasteiger partial charge in [0, 0.05) is 31.7 Å². The minimum atomic E-state index is -0.162. The van der Waals surface area contributed by atoms with Crippen LogP contribution in [0.15, 0.2) is 12.3 Å². The standard InChI is InChI=1S/C14H17N5O2/c1-9-11-6-10(7-16-13(11)18(2)17-9)14(21)19-5-3-4-15-12(20)8-19/h6-7H,3-5,8H2,1-2H3,(H,15,20). The normalized spacial score (nSPS) is 15.9. The first-order chi connectivity index (χ1) is 10.1. The zero-order valence-electron chi connectivity index (χ0n) is 12.1. The molecule has 0 aromatic carbocycles. The minimum absolute atomic E-state index is 0.100. The Bertz CT molecular complexity index is 721. The molecule has 0 radical (unpaired) electrons. The predicted molar refractivity (Wildman–Crippen MR) is 76.8 cm³/mol. The first-order valence-electron chi connectivity index (χ1n) is 6.91. The topological polar surface area (TPSA) is 80.1 Å². The number of hydrogen-bond donors (Lipinski definition) is 1. The first kappa shape index (κ1) is 13.5. The third-order valence-electron chi connectivity index (χ3n) is 3.66. The molecule has 1 N–H and O–H groups in total. The number of amides is 2. The second-order valence-electron chi connectivity index (χ2n) is 5.23. The van der Waals surface area contributed by atoms with Gasteiger partial charge in [-0.1, -0.05) is 0 Å². The fraction of sp³-hybridized carbons (Fsp3) is 0.429. The van der Waals surface area contributed by atoms with Crippen molar-refractivity contribution in [2.75, 3.05) is 19.6 Å². The summed E-state index contributed by atoms with van der Waals surface area (Å²) in [7, 11) is 1.82. The van der Waals surface area contributed by atoms with Crippen LogP contribution < -0.4 is 5.32 Å². The Morgan fingerprint density at radius 2 is 2.24 bits per heavy atom. The van der Waals surface area contributed by atoms with Gasteiger partial charge in [-0.2, -0.15) is 5.10 Å². The van der Waals surface area contributed by atoms with Crippen molar-refractivity contribution in [3.05, 3.63) is 23.5 Å². The van der Waals surface area contributed by atoms with Crippen molar-refractivity contribution >= 4 is 22.8 Å². The molecule has 7 nitrogen and oxygen atoms in total. The summed E-state index contributed by atoms with van der Waals surface area (Å²) in [6.07, 6.45) is 2.31. The van der Waals surface area contributed by atoms with E-state index >= 15 is 0 Å². The van der Waals surface area contributed by atoms with Crippen molar-refractivity contribution in [3.8, 4) is 0 Å². The van der Waals surface area contributed by atoms with Gasteiger partial charge in [-0.3, -0.25) is 14.3 Å². The van der Waals surface area contributed by atoms with Gasteiger partial charge in [-0.25, -0.2) is 4.98 Å². The number of aryl methyl sites for hydroxylation is 2. The monoisotopic (exact) mass is 287 g/mol. The number of nitrogens with zero attached hydrogens (tertiary/aromatic N) is 4. The van der Waals surface area contributed by atoms with Crippen LogP contribution in [-0.2, 0) is 11.8 Å². The fourth-order valence-corrected chi connectivity index (χ4v) is 2.59. The van der Waals surface area contributed by atoms with E-state index in [9.17, 15) is 9.59 Å². The maximum atomic E-state index is 12.5. The van der Waals surface area contributed by atoms with Gasteiger partial charge in [-0.05, 0) is 19.4 Å². The molecule has 3 heterocycles. The van der Waals surface area contributed by atoms with Crippen molar-refractivity contribution in [2.24, 2.45) is 7.05 Å². The summed E-state index contributed by atoms with van der Waals surface area (Å²) in [4.78, 5) is 30.0. The van der Waals surface area contributed by atoms with Crippen LogP contribution >= 0.6 is 0 Å². The van der Waals surface area contributed by atoms with E-state index < -0.39 is 0 Å². The summed E-state index contributed by atoms with van der Waals surface area (Å²) < 4.78 is 1.69. The highest BCUT2D eigenvalue weighted by atomic mass is 16.2. The summed E-state index contributed by atoms with van der Waals surface area (Å²) in [5.74, 6) is -0.280. The Balaban J connectivity index is 1.93. The molecule has 110 valence electrons. The fourth-order valence-electron chi connectivity index (χ4n) is 2.59. The van der Waals surface area contributed by atoms with Crippen molar-refractivity contribution in [1.29, 1.82) is 0 Å². The lowest BCUT2D eigenvalue weighted by atomic mass is 10.2. The molecule has 3 rings (SSSR count). The number of hydrogen-bond acceptors (Lipinski definition) is 4. The highest BCUT2D eigenvalue weighted by Gasteiger charge is 2.22. The third-order valence-corrected chi connectivity index (χ3v) is 3.66. The quantitative estimate of drug-likeness (QED) is 0.814. The predicted octanol–water partition coefficient (Wildman–Crippen LogP) is 0.239. The average molecular weight is 287 g/mol. The van der Waals surface area contributed by atoms with Gasteiger partial charge >= 0.3 is 0 Å². The SMILES string of the molecule is Cc1nn(C)c2ncc(C(=O)N3CCCNC(=O)C3)cc12. The van der Waals surface area contributed by atoms with Crippen LogP contribution in [0.1, 0.15) is 22.5 Å². The van der Waals surface area contributed by atoms with E-state index in [1.165, 1.54) is 0 Å². The third kappa shape index (κ3) is 2.46. The molecule has 0 bridgehead atoms. The van der Waals surface area contributed by atoms with Crippen LogP contribution in [0.4, 0.5) is 0 Å². The van der Waals surface area contributed by atoms with E-state index in [0.717, 1.165) is 23.1 Å². The molecule has 1 fully saturated rings. The van der Waals surface area contributed by atoms with Crippen LogP contribution in [-0.4, -0.2) is 51.1 Å². The summed E-state index contributed by atoms with van der Waals surface area (Å²) in [5, 5.41) is 7.92. The Labute approximate surface area is 121 Å². The van der Waals surface area contributed by atoms with Crippen LogP contribution in [0.3, 0.4) is 0 Å². The number of fused-ring (bicyclic) bond motifs is 1. The number of nitrogens with one attached hydrogen (secondary N) is 1. The van der Waals surface area contributed by atoms with E-state index in [0.29, 0.717) is 18.7 Å². The highest BCUT2D eigenvalue weighted by Crippen LogP contribution is 2.17. The molecular weight excluding hydrogens is 270 g/mol. The van der Waals surface area contributed by atoms with Crippen molar-refractivity contribution in [1.82, 2.24) is 25.0 Å². The molecule has 1 aliphatic rings. The van der Waals surface area contributed by atoms with Gasteiger partial charge in [0.05, 0.1) is 17.8 Å². The van der Waals surface area contributed by atoms with Gasteiger partial charge < -0.3 is 10.2 Å². The lowest BCUT2D eigenvalue weighted by Crippen LogP contribution is -2.37. The Hall–Kier alpha value is -2.44. The van der Waals surface area contributed by atoms with Crippen LogP contribution in [0.2, 0.25) is 0 Å². The van der Waals surface area contributed by atoms with Crippen molar-refractivity contribution in [3.63, 3.8) is 0 Å². The molecule has 2 aromatic rings. The molecule has 2 amide bonds. The summed E-state index contributed by atoms with van der Waals surface area (Å²) >= 11 is 0. The molecule has 0 spiro atoms.